The summed E-state index contributed by atoms with van der Waals surface area (Å²) in [5, 5.41) is 0. The average Bonchev–Trinajstić information content (AvgIpc) is 3.19. The third-order valence-electron chi connectivity index (χ3n) is 5.08. The zero-order valence-corrected chi connectivity index (χ0v) is 25.8. The van der Waals surface area contributed by atoms with E-state index in [2.05, 4.69) is 58.4 Å². The first-order valence-corrected chi connectivity index (χ1v) is 20.0. The predicted molar refractivity (Wildman–Crippen MR) is 119 cm³/mol. The van der Waals surface area contributed by atoms with E-state index in [-0.39, 0.29) is 24.8 Å². The molecular formula is C22H36Cl2O4Si2Zr. The van der Waals surface area contributed by atoms with E-state index in [1.807, 2.05) is 0 Å². The molecule has 0 atom stereocenters. The van der Waals surface area contributed by atoms with Gasteiger partial charge in [0.25, 0.3) is 0 Å². The van der Waals surface area contributed by atoms with E-state index in [4.69, 9.17) is 18.3 Å². The summed E-state index contributed by atoms with van der Waals surface area (Å²) in [6.45, 7) is 18.3. The van der Waals surface area contributed by atoms with E-state index in [0.29, 0.717) is 32.3 Å². The molecule has 3 rings (SSSR count). The maximum atomic E-state index is 6.19. The molecule has 0 spiro atoms. The Morgan fingerprint density at radius 3 is 1.48 bits per heavy atom. The van der Waals surface area contributed by atoms with Crippen molar-refractivity contribution in [2.24, 2.45) is 5.92 Å². The molecule has 0 saturated heterocycles. The Kier molecular flexibility index (Phi) is 11.6. The van der Waals surface area contributed by atoms with Gasteiger partial charge in [0, 0.05) is 0 Å². The van der Waals surface area contributed by atoms with Crippen LogP contribution in [0.2, 0.25) is 39.3 Å². The van der Waals surface area contributed by atoms with E-state index in [1.165, 1.54) is 11.1 Å². The van der Waals surface area contributed by atoms with Gasteiger partial charge in [0.1, 0.15) is 0 Å². The van der Waals surface area contributed by atoms with Crippen LogP contribution in [0.25, 0.3) is 0 Å². The number of rotatable bonds is 10. The average molecular weight is 583 g/mol. The van der Waals surface area contributed by atoms with Crippen LogP contribution < -0.4 is 24.8 Å². The Hall–Kier alpha value is 0.377. The second kappa shape index (κ2) is 12.2. The first-order chi connectivity index (χ1) is 13.6. The third kappa shape index (κ3) is 8.27. The maximum Gasteiger partial charge on any atom is -1.00 e. The standard InChI is InChI=1S/C22H36O4Si2.2ClH.Zr/c1-18(19-10-8-12-21(19)23-14-16-25-27(2,3)4)20-11-9-13-22(20)24-15-17-26-28(5,6)7;;;/h12-13,18H,8-9,14-17H2,1-7H3;2*1H;/q;;;+2/p-2. The molecule has 1 aliphatic heterocycles. The first-order valence-electron chi connectivity index (χ1n) is 10.7. The Labute approximate surface area is 214 Å². The molecule has 31 heavy (non-hydrogen) atoms. The molecule has 3 aliphatic rings. The topological polar surface area (TPSA) is 36.9 Å². The molecular weight excluding hydrogens is 547 g/mol. The van der Waals surface area contributed by atoms with Gasteiger partial charge >= 0.3 is 191 Å². The monoisotopic (exact) mass is 580 g/mol. The van der Waals surface area contributed by atoms with Crippen molar-refractivity contribution in [2.45, 2.75) is 59.0 Å². The predicted octanol–water partition coefficient (Wildman–Crippen LogP) is -0.454. The first kappa shape index (κ1) is 29.4. The summed E-state index contributed by atoms with van der Waals surface area (Å²) in [5.74, 6) is 2.58. The van der Waals surface area contributed by atoms with Crippen LogP contribution >= 0.6 is 0 Å². The van der Waals surface area contributed by atoms with Crippen molar-refractivity contribution >= 4 is 16.6 Å². The zero-order valence-electron chi connectivity index (χ0n) is 19.9. The van der Waals surface area contributed by atoms with E-state index < -0.39 is 39.9 Å². The molecule has 0 aromatic heterocycles. The summed E-state index contributed by atoms with van der Waals surface area (Å²) in [6, 6.07) is 0. The van der Waals surface area contributed by atoms with Gasteiger partial charge in [0.15, 0.2) is 0 Å². The summed E-state index contributed by atoms with van der Waals surface area (Å²) in [5.41, 5.74) is 2.91. The minimum Gasteiger partial charge on any atom is -1.00 e. The van der Waals surface area contributed by atoms with Crippen LogP contribution in [-0.4, -0.2) is 43.1 Å². The molecule has 0 bridgehead atoms. The second-order valence-electron chi connectivity index (χ2n) is 9.79. The van der Waals surface area contributed by atoms with Crippen molar-refractivity contribution in [3.05, 3.63) is 41.4 Å². The van der Waals surface area contributed by atoms with E-state index >= 15 is 0 Å². The molecule has 174 valence electrons. The van der Waals surface area contributed by atoms with Crippen LogP contribution in [0.4, 0.5) is 0 Å². The van der Waals surface area contributed by atoms with Gasteiger partial charge in [-0.3, -0.25) is 0 Å². The van der Waals surface area contributed by atoms with Crippen LogP contribution in [0.5, 0.6) is 0 Å². The van der Waals surface area contributed by atoms with Gasteiger partial charge in [0.05, 0.1) is 0 Å². The molecule has 0 aromatic carbocycles. The fourth-order valence-corrected chi connectivity index (χ4v) is 9.53. The van der Waals surface area contributed by atoms with Gasteiger partial charge in [-0.15, -0.1) is 0 Å². The Balaban J connectivity index is 0.00000240. The summed E-state index contributed by atoms with van der Waals surface area (Å²) >= 11 is -0.707. The number of ether oxygens (including phenoxy) is 2. The van der Waals surface area contributed by atoms with Crippen LogP contribution in [-0.2, 0) is 41.6 Å². The molecule has 2 aliphatic carbocycles. The van der Waals surface area contributed by atoms with Crippen LogP contribution in [0, 0.1) is 5.92 Å². The normalized spacial score (nSPS) is 18.2. The third-order valence-corrected chi connectivity index (χ3v) is 11.0. The van der Waals surface area contributed by atoms with Crippen molar-refractivity contribution in [1.29, 1.82) is 0 Å². The molecule has 4 nitrogen and oxygen atoms in total. The molecule has 0 fully saturated rings. The maximum absolute atomic E-state index is 6.19. The van der Waals surface area contributed by atoms with Crippen molar-refractivity contribution in [1.82, 2.24) is 0 Å². The Morgan fingerprint density at radius 1 is 0.742 bits per heavy atom. The molecule has 1 heterocycles. The van der Waals surface area contributed by atoms with Crippen LogP contribution in [0.1, 0.15) is 19.8 Å². The molecule has 9 heteroatoms. The zero-order chi connectivity index (χ0) is 21.2. The van der Waals surface area contributed by atoms with Gasteiger partial charge in [-0.1, -0.05) is 0 Å². The fraction of sp³-hybridized carbons (Fsp3) is 0.636. The minimum atomic E-state index is -1.48. The molecule has 0 unspecified atom stereocenters. The van der Waals surface area contributed by atoms with Crippen LogP contribution in [0.15, 0.2) is 41.4 Å². The molecule has 0 radical (unpaired) electrons. The SMILES string of the molecule is CC1C2=[C](CC=C2OCCO[Si](C)(C)C)[Zr+2][C]2=C1C(OCCO[Si](C)(C)C)=CC2.[Cl-].[Cl-]. The second-order valence-corrected chi connectivity index (χ2v) is 22.4. The van der Waals surface area contributed by atoms with Gasteiger partial charge in [0.2, 0.25) is 0 Å². The summed E-state index contributed by atoms with van der Waals surface area (Å²) in [4.78, 5) is 0. The fourth-order valence-electron chi connectivity index (χ4n) is 3.91. The van der Waals surface area contributed by atoms with Gasteiger partial charge in [-0.2, -0.15) is 0 Å². The van der Waals surface area contributed by atoms with Crippen molar-refractivity contribution in [2.75, 3.05) is 26.4 Å². The summed E-state index contributed by atoms with van der Waals surface area (Å²) < 4.78 is 27.7. The van der Waals surface area contributed by atoms with E-state index in [0.717, 1.165) is 24.4 Å². The Bertz CT molecular complexity index is 702. The Morgan fingerprint density at radius 2 is 1.13 bits per heavy atom. The number of halogens is 2. The van der Waals surface area contributed by atoms with Gasteiger partial charge in [-0.25, -0.2) is 0 Å². The van der Waals surface area contributed by atoms with Crippen molar-refractivity contribution in [3.8, 4) is 0 Å². The minimum absolute atomic E-state index is 0. The van der Waals surface area contributed by atoms with Crippen molar-refractivity contribution in [3.63, 3.8) is 0 Å². The van der Waals surface area contributed by atoms with Gasteiger partial charge < -0.3 is 24.8 Å². The molecule has 0 N–H and O–H groups in total. The summed E-state index contributed by atoms with van der Waals surface area (Å²) in [7, 11) is -2.96. The van der Waals surface area contributed by atoms with Gasteiger partial charge in [-0.05, 0) is 0 Å². The molecule has 0 saturated carbocycles. The quantitative estimate of drug-likeness (QED) is 0.258. The largest absolute Gasteiger partial charge is 1.00 e. The number of hydrogen-bond acceptors (Lipinski definition) is 4. The van der Waals surface area contributed by atoms with E-state index in [1.54, 1.807) is 6.56 Å². The van der Waals surface area contributed by atoms with Crippen molar-refractivity contribution < 1.29 is 66.4 Å². The molecule has 0 amide bonds. The number of hydrogen-bond donors (Lipinski definition) is 0. The van der Waals surface area contributed by atoms with Crippen LogP contribution in [0.3, 0.4) is 0 Å². The van der Waals surface area contributed by atoms with E-state index in [9.17, 15) is 0 Å². The molecule has 0 aromatic rings. The number of allylic oxidation sites excluding steroid dienone is 6. The summed E-state index contributed by atoms with van der Waals surface area (Å²) in [6.07, 6.45) is 6.77. The smallest absolute Gasteiger partial charge is 1.00 e.